The minimum absolute atomic E-state index is 0.107. The van der Waals surface area contributed by atoms with E-state index in [0.717, 1.165) is 13.0 Å². The first kappa shape index (κ1) is 17.3. The number of rotatable bonds is 5. The number of hydrogen-bond donors (Lipinski definition) is 0. The van der Waals surface area contributed by atoms with E-state index >= 15 is 0 Å². The molecule has 3 aromatic carbocycles. The van der Waals surface area contributed by atoms with Gasteiger partial charge < -0.3 is 4.90 Å². The molecule has 3 aromatic rings. The zero-order valence-corrected chi connectivity index (χ0v) is 15.3. The lowest BCUT2D eigenvalue weighted by molar-refractivity contribution is -0.116. The van der Waals surface area contributed by atoms with E-state index in [0.29, 0.717) is 6.42 Å². The third-order valence-corrected chi connectivity index (χ3v) is 5.15. The molecule has 1 unspecified atom stereocenters. The summed E-state index contributed by atoms with van der Waals surface area (Å²) in [7, 11) is 0. The molecule has 134 valence electrons. The summed E-state index contributed by atoms with van der Waals surface area (Å²) in [5.41, 5.74) is 4.93. The molecule has 0 saturated carbocycles. The Balaban J connectivity index is 1.52. The summed E-state index contributed by atoms with van der Waals surface area (Å²) in [6.07, 6.45) is 5.18. The highest BCUT2D eigenvalue weighted by molar-refractivity contribution is 5.91. The molecular weight excluding hydrogens is 330 g/mol. The first-order valence-corrected chi connectivity index (χ1v) is 9.46. The number of benzene rings is 3. The molecule has 0 saturated heterocycles. The average Bonchev–Trinajstić information content (AvgIpc) is 2.74. The van der Waals surface area contributed by atoms with Crippen LogP contribution in [0.4, 0.5) is 0 Å². The van der Waals surface area contributed by atoms with Gasteiger partial charge in [0, 0.05) is 19.2 Å². The Hall–Kier alpha value is -3.13. The second-order valence-electron chi connectivity index (χ2n) is 6.96. The minimum atomic E-state index is 0.107. The number of carbonyl (C=O) groups is 1. The maximum Gasteiger partial charge on any atom is 0.159 e. The van der Waals surface area contributed by atoms with Gasteiger partial charge in [0.15, 0.2) is 5.78 Å². The Morgan fingerprint density at radius 3 is 2.11 bits per heavy atom. The first-order valence-electron chi connectivity index (χ1n) is 9.46. The zero-order chi connectivity index (χ0) is 18.5. The predicted octanol–water partition coefficient (Wildman–Crippen LogP) is 5.43. The van der Waals surface area contributed by atoms with E-state index in [1.54, 1.807) is 6.08 Å². The van der Waals surface area contributed by atoms with Crippen LogP contribution in [0.2, 0.25) is 0 Å². The van der Waals surface area contributed by atoms with Gasteiger partial charge in [-0.15, -0.1) is 0 Å². The minimum Gasteiger partial charge on any atom is -0.369 e. The summed E-state index contributed by atoms with van der Waals surface area (Å²) in [6, 6.07) is 29.6. The number of nitrogens with zero attached hydrogens (tertiary/aromatic N) is 1. The molecule has 27 heavy (non-hydrogen) atoms. The van der Waals surface area contributed by atoms with Crippen molar-refractivity contribution in [2.45, 2.75) is 18.9 Å². The van der Waals surface area contributed by atoms with E-state index in [9.17, 15) is 4.79 Å². The predicted molar refractivity (Wildman–Crippen MR) is 110 cm³/mol. The Bertz CT molecular complexity index is 914. The molecule has 0 amide bonds. The van der Waals surface area contributed by atoms with Gasteiger partial charge in [0.25, 0.3) is 0 Å². The van der Waals surface area contributed by atoms with Crippen LogP contribution in [0.25, 0.3) is 11.1 Å². The van der Waals surface area contributed by atoms with Crippen molar-refractivity contribution in [3.63, 3.8) is 0 Å². The molecule has 0 aromatic heterocycles. The van der Waals surface area contributed by atoms with Gasteiger partial charge in [-0.05, 0) is 34.8 Å². The summed E-state index contributed by atoms with van der Waals surface area (Å²) < 4.78 is 0. The van der Waals surface area contributed by atoms with Crippen LogP contribution in [0.15, 0.2) is 97.2 Å². The van der Waals surface area contributed by atoms with E-state index in [-0.39, 0.29) is 11.8 Å². The summed E-state index contributed by atoms with van der Waals surface area (Å²) >= 11 is 0. The molecule has 1 heterocycles. The van der Waals surface area contributed by atoms with Crippen molar-refractivity contribution >= 4 is 5.78 Å². The standard InChI is InChI=1S/C25H23NO/c27-24-16-18-26(17-15-20-7-3-1-4-8-20)25(19-24)23-13-11-22(12-14-23)21-9-5-2-6-10-21/h1-14,16,18,25H,15,17,19H2. The molecule has 1 aliphatic heterocycles. The normalized spacial score (nSPS) is 16.5. The third-order valence-electron chi connectivity index (χ3n) is 5.15. The Morgan fingerprint density at radius 1 is 0.778 bits per heavy atom. The largest absolute Gasteiger partial charge is 0.369 e. The van der Waals surface area contributed by atoms with Crippen molar-refractivity contribution < 1.29 is 4.79 Å². The van der Waals surface area contributed by atoms with Gasteiger partial charge in [-0.3, -0.25) is 4.79 Å². The van der Waals surface area contributed by atoms with Crippen molar-refractivity contribution in [3.05, 3.63) is 108 Å². The van der Waals surface area contributed by atoms with Crippen molar-refractivity contribution in [3.8, 4) is 11.1 Å². The van der Waals surface area contributed by atoms with Gasteiger partial charge in [0.05, 0.1) is 6.04 Å². The van der Waals surface area contributed by atoms with Gasteiger partial charge in [0.2, 0.25) is 0 Å². The highest BCUT2D eigenvalue weighted by atomic mass is 16.1. The molecule has 0 spiro atoms. The van der Waals surface area contributed by atoms with Crippen molar-refractivity contribution in [1.29, 1.82) is 0 Å². The molecule has 2 heteroatoms. The number of hydrogen-bond acceptors (Lipinski definition) is 2. The van der Waals surface area contributed by atoms with Gasteiger partial charge in [-0.1, -0.05) is 84.9 Å². The Kier molecular flexibility index (Phi) is 5.15. The van der Waals surface area contributed by atoms with Crippen LogP contribution < -0.4 is 0 Å². The topological polar surface area (TPSA) is 20.3 Å². The average molecular weight is 353 g/mol. The van der Waals surface area contributed by atoms with Crippen LogP contribution in [-0.2, 0) is 11.2 Å². The lowest BCUT2D eigenvalue weighted by Crippen LogP contribution is -2.30. The summed E-state index contributed by atoms with van der Waals surface area (Å²) in [5, 5.41) is 0. The third kappa shape index (κ3) is 4.17. The van der Waals surface area contributed by atoms with Crippen LogP contribution in [0.3, 0.4) is 0 Å². The first-order chi connectivity index (χ1) is 13.3. The Morgan fingerprint density at radius 2 is 1.41 bits per heavy atom. The molecular formula is C25H23NO. The molecule has 2 nitrogen and oxygen atoms in total. The quantitative estimate of drug-likeness (QED) is 0.610. The molecule has 4 rings (SSSR count). The van der Waals surface area contributed by atoms with E-state index in [4.69, 9.17) is 0 Å². The van der Waals surface area contributed by atoms with Crippen LogP contribution in [-0.4, -0.2) is 17.2 Å². The molecule has 1 atom stereocenters. The van der Waals surface area contributed by atoms with Gasteiger partial charge in [-0.2, -0.15) is 0 Å². The van der Waals surface area contributed by atoms with E-state index in [1.807, 2.05) is 18.3 Å². The fourth-order valence-electron chi connectivity index (χ4n) is 3.63. The van der Waals surface area contributed by atoms with Crippen LogP contribution in [0, 0.1) is 0 Å². The maximum atomic E-state index is 12.0. The summed E-state index contributed by atoms with van der Waals surface area (Å²) in [4.78, 5) is 14.3. The van der Waals surface area contributed by atoms with Crippen LogP contribution in [0.5, 0.6) is 0 Å². The smallest absolute Gasteiger partial charge is 0.159 e. The lowest BCUT2D eigenvalue weighted by atomic mass is 9.94. The highest BCUT2D eigenvalue weighted by Gasteiger charge is 2.23. The molecule has 0 radical (unpaired) electrons. The van der Waals surface area contributed by atoms with Crippen molar-refractivity contribution in [2.24, 2.45) is 0 Å². The van der Waals surface area contributed by atoms with Crippen LogP contribution in [0.1, 0.15) is 23.6 Å². The fraction of sp³-hybridized carbons (Fsp3) is 0.160. The fourth-order valence-corrected chi connectivity index (χ4v) is 3.63. The number of carbonyl (C=O) groups excluding carboxylic acids is 1. The molecule has 0 aliphatic carbocycles. The molecule has 1 aliphatic rings. The number of allylic oxidation sites excluding steroid dienone is 1. The maximum absolute atomic E-state index is 12.0. The van der Waals surface area contributed by atoms with Crippen LogP contribution >= 0.6 is 0 Å². The monoisotopic (exact) mass is 353 g/mol. The van der Waals surface area contributed by atoms with E-state index in [2.05, 4.69) is 77.7 Å². The second kappa shape index (κ2) is 8.05. The van der Waals surface area contributed by atoms with Crippen molar-refractivity contribution in [1.82, 2.24) is 4.90 Å². The lowest BCUT2D eigenvalue weighted by Gasteiger charge is -2.33. The van der Waals surface area contributed by atoms with Crippen molar-refractivity contribution in [2.75, 3.05) is 6.54 Å². The Labute approximate surface area is 160 Å². The molecule has 0 fully saturated rings. The second-order valence-corrected chi connectivity index (χ2v) is 6.96. The molecule has 0 bridgehead atoms. The van der Waals surface area contributed by atoms with Gasteiger partial charge >= 0.3 is 0 Å². The zero-order valence-electron chi connectivity index (χ0n) is 15.3. The number of ketones is 1. The summed E-state index contributed by atoms with van der Waals surface area (Å²) in [6.45, 7) is 0.902. The van der Waals surface area contributed by atoms with E-state index < -0.39 is 0 Å². The molecule has 0 N–H and O–H groups in total. The highest BCUT2D eigenvalue weighted by Crippen LogP contribution is 2.30. The van der Waals surface area contributed by atoms with Gasteiger partial charge in [0.1, 0.15) is 0 Å². The van der Waals surface area contributed by atoms with Gasteiger partial charge in [-0.25, -0.2) is 0 Å². The summed E-state index contributed by atoms with van der Waals surface area (Å²) in [5.74, 6) is 0.197. The SMILES string of the molecule is O=C1C=CN(CCc2ccccc2)C(c2ccc(-c3ccccc3)cc2)C1. The van der Waals surface area contributed by atoms with E-state index in [1.165, 1.54) is 22.3 Å².